The number of benzene rings is 2. The predicted octanol–water partition coefficient (Wildman–Crippen LogP) is 6.64. The highest BCUT2D eigenvalue weighted by Gasteiger charge is 2.43. The van der Waals surface area contributed by atoms with Gasteiger partial charge in [0.15, 0.2) is 5.11 Å². The quantitative estimate of drug-likeness (QED) is 0.310. The molecular formula is C28H27ClN4OS. The van der Waals surface area contributed by atoms with Crippen molar-refractivity contribution in [1.29, 1.82) is 0 Å². The van der Waals surface area contributed by atoms with Crippen molar-refractivity contribution in [3.05, 3.63) is 106 Å². The summed E-state index contributed by atoms with van der Waals surface area (Å²) in [5.74, 6) is 0.766. The van der Waals surface area contributed by atoms with Crippen LogP contribution in [0, 0.1) is 20.8 Å². The Morgan fingerprint density at radius 2 is 1.71 bits per heavy atom. The Bertz CT molecular complexity index is 1400. The molecular weight excluding hydrogens is 476 g/mol. The summed E-state index contributed by atoms with van der Waals surface area (Å²) in [6.45, 7) is 6.33. The number of aromatic nitrogens is 2. The van der Waals surface area contributed by atoms with Gasteiger partial charge in [0.25, 0.3) is 0 Å². The molecule has 0 amide bonds. The first-order valence-corrected chi connectivity index (χ1v) is 12.3. The van der Waals surface area contributed by atoms with Crippen molar-refractivity contribution in [2.24, 2.45) is 0 Å². The Morgan fingerprint density at radius 3 is 2.46 bits per heavy atom. The van der Waals surface area contributed by atoms with E-state index in [0.717, 1.165) is 50.4 Å². The van der Waals surface area contributed by atoms with Crippen molar-refractivity contribution in [3.63, 3.8) is 0 Å². The van der Waals surface area contributed by atoms with E-state index >= 15 is 0 Å². The van der Waals surface area contributed by atoms with Crippen molar-refractivity contribution >= 4 is 34.6 Å². The monoisotopic (exact) mass is 502 g/mol. The summed E-state index contributed by atoms with van der Waals surface area (Å²) in [5, 5.41) is 4.93. The van der Waals surface area contributed by atoms with Crippen LogP contribution in [-0.4, -0.2) is 21.8 Å². The number of methoxy groups -OCH3 is 1. The topological polar surface area (TPSA) is 42.3 Å². The van der Waals surface area contributed by atoms with Gasteiger partial charge in [-0.1, -0.05) is 35.9 Å². The van der Waals surface area contributed by atoms with Crippen LogP contribution >= 0.6 is 23.8 Å². The first kappa shape index (κ1) is 23.4. The zero-order valence-corrected chi connectivity index (χ0v) is 21.7. The molecule has 3 heterocycles. The van der Waals surface area contributed by atoms with Crippen molar-refractivity contribution in [2.45, 2.75) is 32.9 Å². The van der Waals surface area contributed by atoms with Gasteiger partial charge in [-0.25, -0.2) is 0 Å². The third kappa shape index (κ3) is 3.97. The van der Waals surface area contributed by atoms with Gasteiger partial charge in [-0.2, -0.15) is 0 Å². The number of thiocarbonyl (C=S) groups is 1. The molecule has 0 bridgehead atoms. The lowest BCUT2D eigenvalue weighted by molar-refractivity contribution is 0.414. The highest BCUT2D eigenvalue weighted by Crippen LogP contribution is 2.46. The van der Waals surface area contributed by atoms with Gasteiger partial charge in [-0.3, -0.25) is 4.98 Å². The number of hydrogen-bond donors (Lipinski definition) is 1. The highest BCUT2D eigenvalue weighted by atomic mass is 35.5. The fraction of sp³-hybridized carbons (Fsp3) is 0.214. The van der Waals surface area contributed by atoms with E-state index in [1.807, 2.05) is 60.8 Å². The molecule has 0 spiro atoms. The Hall–Kier alpha value is -3.35. The van der Waals surface area contributed by atoms with Gasteiger partial charge in [0.2, 0.25) is 0 Å². The molecule has 1 aliphatic heterocycles. The van der Waals surface area contributed by atoms with Crippen molar-refractivity contribution < 1.29 is 4.74 Å². The molecule has 0 radical (unpaired) electrons. The largest absolute Gasteiger partial charge is 0.495 e. The van der Waals surface area contributed by atoms with Crippen LogP contribution in [0.3, 0.4) is 0 Å². The van der Waals surface area contributed by atoms with Crippen LogP contribution in [-0.2, 0) is 0 Å². The second kappa shape index (κ2) is 9.36. The number of pyridine rings is 1. The lowest BCUT2D eigenvalue weighted by Crippen LogP contribution is -2.30. The zero-order valence-electron chi connectivity index (χ0n) is 20.1. The van der Waals surface area contributed by atoms with E-state index in [9.17, 15) is 0 Å². The molecule has 178 valence electrons. The van der Waals surface area contributed by atoms with Crippen LogP contribution in [0.1, 0.15) is 40.3 Å². The third-order valence-electron chi connectivity index (χ3n) is 6.71. The number of ether oxygens (including phenoxy) is 1. The fourth-order valence-corrected chi connectivity index (χ4v) is 5.56. The summed E-state index contributed by atoms with van der Waals surface area (Å²) >= 11 is 12.4. The van der Waals surface area contributed by atoms with Gasteiger partial charge in [0, 0.05) is 28.3 Å². The lowest BCUT2D eigenvalue weighted by Gasteiger charge is -2.29. The van der Waals surface area contributed by atoms with Gasteiger partial charge in [-0.15, -0.1) is 0 Å². The molecule has 2 aromatic carbocycles. The van der Waals surface area contributed by atoms with E-state index in [1.54, 1.807) is 7.11 Å². The number of anilines is 1. The summed E-state index contributed by atoms with van der Waals surface area (Å²) in [6.07, 6.45) is 1.82. The van der Waals surface area contributed by atoms with Crippen LogP contribution < -0.4 is 15.0 Å². The summed E-state index contributed by atoms with van der Waals surface area (Å²) in [6, 6.07) is 22.0. The number of hydrogen-bond acceptors (Lipinski definition) is 3. The number of rotatable bonds is 5. The molecule has 5 nitrogen and oxygen atoms in total. The second-order valence-electron chi connectivity index (χ2n) is 8.71. The number of aryl methyl sites for hydroxylation is 1. The molecule has 0 saturated carbocycles. The Kier molecular flexibility index (Phi) is 6.26. The van der Waals surface area contributed by atoms with Crippen LogP contribution in [0.15, 0.2) is 72.9 Å². The first-order chi connectivity index (χ1) is 16.9. The van der Waals surface area contributed by atoms with Gasteiger partial charge < -0.3 is 19.5 Å². The Balaban J connectivity index is 1.72. The average molecular weight is 503 g/mol. The molecule has 1 aliphatic rings. The summed E-state index contributed by atoms with van der Waals surface area (Å²) in [5.41, 5.74) is 7.39. The second-order valence-corrected chi connectivity index (χ2v) is 9.51. The summed E-state index contributed by atoms with van der Waals surface area (Å²) < 4.78 is 8.00. The molecule has 5 rings (SSSR count). The van der Waals surface area contributed by atoms with E-state index in [1.165, 1.54) is 0 Å². The van der Waals surface area contributed by atoms with Gasteiger partial charge in [0.1, 0.15) is 5.75 Å². The fourth-order valence-electron chi connectivity index (χ4n) is 5.06. The normalized spacial score (nSPS) is 17.5. The predicted molar refractivity (Wildman–Crippen MR) is 146 cm³/mol. The molecule has 0 unspecified atom stereocenters. The first-order valence-electron chi connectivity index (χ1n) is 11.5. The Morgan fingerprint density at radius 1 is 0.971 bits per heavy atom. The van der Waals surface area contributed by atoms with Crippen LogP contribution in [0.5, 0.6) is 5.75 Å². The number of nitrogens with one attached hydrogen (secondary N) is 1. The highest BCUT2D eigenvalue weighted by molar-refractivity contribution is 7.80. The molecule has 0 aliphatic carbocycles. The molecule has 35 heavy (non-hydrogen) atoms. The maximum Gasteiger partial charge on any atom is 0.174 e. The molecule has 2 atom stereocenters. The van der Waals surface area contributed by atoms with E-state index in [0.29, 0.717) is 5.11 Å². The molecule has 7 heteroatoms. The number of nitrogens with zero attached hydrogens (tertiary/aromatic N) is 3. The van der Waals surface area contributed by atoms with Gasteiger partial charge >= 0.3 is 0 Å². The molecule has 4 aromatic rings. The summed E-state index contributed by atoms with van der Waals surface area (Å²) in [4.78, 5) is 6.84. The smallest absolute Gasteiger partial charge is 0.174 e. The number of halogens is 1. The summed E-state index contributed by atoms with van der Waals surface area (Å²) in [7, 11) is 1.68. The van der Waals surface area contributed by atoms with E-state index in [2.05, 4.69) is 52.7 Å². The lowest BCUT2D eigenvalue weighted by atomic mass is 9.96. The van der Waals surface area contributed by atoms with Crippen molar-refractivity contribution in [1.82, 2.24) is 14.9 Å². The van der Waals surface area contributed by atoms with Gasteiger partial charge in [0.05, 0.1) is 30.6 Å². The molecule has 1 fully saturated rings. The van der Waals surface area contributed by atoms with Crippen molar-refractivity contribution in [3.8, 4) is 11.4 Å². The molecule has 2 aromatic heterocycles. The minimum Gasteiger partial charge on any atom is -0.495 e. The Labute approximate surface area is 216 Å². The molecule has 1 saturated heterocycles. The third-order valence-corrected chi connectivity index (χ3v) is 7.44. The average Bonchev–Trinajstić information content (AvgIpc) is 3.36. The SMILES string of the molecule is COc1ccccc1N1C(=S)N[C@H](c2ccccn2)[C@@H]1c1cc(C)n(-c2cccc(Cl)c2C)c1C. The maximum atomic E-state index is 6.49. The van der Waals surface area contributed by atoms with Crippen molar-refractivity contribution in [2.75, 3.05) is 12.0 Å². The minimum absolute atomic E-state index is 0.131. The van der Waals surface area contributed by atoms with Crippen LogP contribution in [0.4, 0.5) is 5.69 Å². The zero-order chi connectivity index (χ0) is 24.7. The maximum absolute atomic E-state index is 6.49. The van der Waals surface area contributed by atoms with E-state index < -0.39 is 0 Å². The van der Waals surface area contributed by atoms with Crippen LogP contribution in [0.25, 0.3) is 5.69 Å². The minimum atomic E-state index is -0.136. The van der Waals surface area contributed by atoms with E-state index in [-0.39, 0.29) is 12.1 Å². The van der Waals surface area contributed by atoms with Crippen LogP contribution in [0.2, 0.25) is 5.02 Å². The van der Waals surface area contributed by atoms with E-state index in [4.69, 9.17) is 28.6 Å². The van der Waals surface area contributed by atoms with Gasteiger partial charge in [-0.05, 0) is 86.6 Å². The standard InChI is InChI=1S/C28H27ClN4OS/c1-17-16-20(19(3)32(17)23-13-9-10-21(29)18(23)2)27-26(22-11-7-8-15-30-22)31-28(35)33(27)24-12-5-6-14-25(24)34-4/h5-16,26-27H,1-4H3,(H,31,35)/t26-,27+/m1/s1. The number of para-hydroxylation sites is 2. The molecule has 1 N–H and O–H groups in total.